The summed E-state index contributed by atoms with van der Waals surface area (Å²) in [5.41, 5.74) is 1.07. The van der Waals surface area contributed by atoms with Gasteiger partial charge in [-0.05, 0) is 13.8 Å². The highest BCUT2D eigenvalue weighted by Crippen LogP contribution is 2.07. The van der Waals surface area contributed by atoms with Crippen LogP contribution >= 0.6 is 11.3 Å². The summed E-state index contributed by atoms with van der Waals surface area (Å²) in [5, 5.41) is 6.59. The molecule has 80 valence electrons. The van der Waals surface area contributed by atoms with Crippen molar-refractivity contribution in [2.75, 3.05) is 12.8 Å². The van der Waals surface area contributed by atoms with Crippen LogP contribution in [0.15, 0.2) is 5.38 Å². The zero-order valence-corrected chi connectivity index (χ0v) is 10.4. The van der Waals surface area contributed by atoms with E-state index in [1.165, 1.54) is 0 Å². The van der Waals surface area contributed by atoms with Gasteiger partial charge >= 0.3 is 0 Å². The van der Waals surface area contributed by atoms with Crippen LogP contribution in [0.4, 0.5) is 0 Å². The van der Waals surface area contributed by atoms with Gasteiger partial charge in [0.2, 0.25) is 0 Å². The average Bonchev–Trinajstić information content (AvgIpc) is 2.51. The third-order valence-electron chi connectivity index (χ3n) is 1.97. The van der Waals surface area contributed by atoms with E-state index < -0.39 is 10.8 Å². The minimum atomic E-state index is -0.743. The lowest BCUT2D eigenvalue weighted by molar-refractivity contribution is 0.643. The number of nitrogens with zero attached hydrogens (tertiary/aromatic N) is 1. The van der Waals surface area contributed by atoms with Crippen molar-refractivity contribution < 1.29 is 4.21 Å². The molecular formula is C9H16N2OS2. The van der Waals surface area contributed by atoms with E-state index in [0.29, 0.717) is 0 Å². The van der Waals surface area contributed by atoms with Gasteiger partial charge in [-0.15, -0.1) is 11.3 Å². The van der Waals surface area contributed by atoms with Crippen LogP contribution in [-0.4, -0.2) is 27.2 Å². The molecule has 2 unspecified atom stereocenters. The summed E-state index contributed by atoms with van der Waals surface area (Å²) in [6.45, 7) is 5.53. The van der Waals surface area contributed by atoms with E-state index in [0.717, 1.165) is 23.8 Å². The number of aryl methyl sites for hydroxylation is 1. The first kappa shape index (κ1) is 11.8. The summed E-state index contributed by atoms with van der Waals surface area (Å²) >= 11 is 1.66. The third kappa shape index (κ3) is 3.86. The molecule has 1 rings (SSSR count). The standard InChI is InChI=1S/C9H16N2OS2/c1-7(14(3)12)4-10-5-9-6-13-8(2)11-9/h6-7,10H,4-5H2,1-3H3. The van der Waals surface area contributed by atoms with Gasteiger partial charge in [0.15, 0.2) is 0 Å². The Balaban J connectivity index is 2.25. The molecular weight excluding hydrogens is 216 g/mol. The number of aromatic nitrogens is 1. The maximum Gasteiger partial charge on any atom is 0.0897 e. The van der Waals surface area contributed by atoms with Gasteiger partial charge in [0.05, 0.1) is 10.7 Å². The fraction of sp³-hybridized carbons (Fsp3) is 0.667. The predicted octanol–water partition coefficient (Wildman–Crippen LogP) is 1.31. The number of thiazole rings is 1. The SMILES string of the molecule is Cc1nc(CNCC(C)S(C)=O)cs1. The van der Waals surface area contributed by atoms with E-state index in [1.54, 1.807) is 17.6 Å². The molecule has 0 aliphatic rings. The van der Waals surface area contributed by atoms with Gasteiger partial charge in [-0.1, -0.05) is 0 Å². The number of hydrogen-bond acceptors (Lipinski definition) is 4. The fourth-order valence-electron chi connectivity index (χ4n) is 1.01. The molecule has 0 radical (unpaired) electrons. The van der Waals surface area contributed by atoms with Crippen molar-refractivity contribution in [1.29, 1.82) is 0 Å². The summed E-state index contributed by atoms with van der Waals surface area (Å²) in [7, 11) is -0.743. The molecule has 0 fully saturated rings. The fourth-order valence-corrected chi connectivity index (χ4v) is 1.98. The smallest absolute Gasteiger partial charge is 0.0897 e. The van der Waals surface area contributed by atoms with Crippen molar-refractivity contribution in [2.24, 2.45) is 0 Å². The first-order chi connectivity index (χ1) is 6.59. The van der Waals surface area contributed by atoms with Gasteiger partial charge in [0.1, 0.15) is 0 Å². The molecule has 0 spiro atoms. The minimum absolute atomic E-state index is 0.203. The maximum absolute atomic E-state index is 11.0. The first-order valence-electron chi connectivity index (χ1n) is 4.53. The molecule has 0 bridgehead atoms. The van der Waals surface area contributed by atoms with Crippen LogP contribution in [0.25, 0.3) is 0 Å². The molecule has 0 amide bonds. The molecule has 1 N–H and O–H groups in total. The topological polar surface area (TPSA) is 42.0 Å². The van der Waals surface area contributed by atoms with Gasteiger partial charge in [0, 0.05) is 40.8 Å². The largest absolute Gasteiger partial charge is 0.310 e. The van der Waals surface area contributed by atoms with Gasteiger partial charge < -0.3 is 5.32 Å². The second-order valence-electron chi connectivity index (χ2n) is 3.30. The Morgan fingerprint density at radius 2 is 2.43 bits per heavy atom. The van der Waals surface area contributed by atoms with Crippen LogP contribution in [0.3, 0.4) is 0 Å². The van der Waals surface area contributed by atoms with Crippen molar-refractivity contribution in [3.63, 3.8) is 0 Å². The van der Waals surface area contributed by atoms with E-state index in [9.17, 15) is 4.21 Å². The molecule has 5 heteroatoms. The quantitative estimate of drug-likeness (QED) is 0.832. The lowest BCUT2D eigenvalue weighted by atomic mass is 10.4. The average molecular weight is 232 g/mol. The highest BCUT2D eigenvalue weighted by molar-refractivity contribution is 7.84. The van der Waals surface area contributed by atoms with E-state index in [4.69, 9.17) is 0 Å². The van der Waals surface area contributed by atoms with Gasteiger partial charge in [-0.25, -0.2) is 4.98 Å². The zero-order chi connectivity index (χ0) is 10.6. The molecule has 2 atom stereocenters. The van der Waals surface area contributed by atoms with E-state index in [1.807, 2.05) is 13.8 Å². The molecule has 1 heterocycles. The van der Waals surface area contributed by atoms with Crippen LogP contribution in [0.5, 0.6) is 0 Å². The Morgan fingerprint density at radius 3 is 2.93 bits per heavy atom. The van der Waals surface area contributed by atoms with Crippen molar-refractivity contribution in [3.05, 3.63) is 16.1 Å². The molecule has 0 aliphatic heterocycles. The first-order valence-corrected chi connectivity index (χ1v) is 7.03. The van der Waals surface area contributed by atoms with Crippen molar-refractivity contribution in [2.45, 2.75) is 25.6 Å². The highest BCUT2D eigenvalue weighted by Gasteiger charge is 2.05. The van der Waals surface area contributed by atoms with Crippen LogP contribution in [0.1, 0.15) is 17.6 Å². The van der Waals surface area contributed by atoms with Crippen LogP contribution in [-0.2, 0) is 17.3 Å². The molecule has 1 aromatic heterocycles. The second kappa shape index (κ2) is 5.58. The zero-order valence-electron chi connectivity index (χ0n) is 8.74. The van der Waals surface area contributed by atoms with Crippen molar-refractivity contribution in [3.8, 4) is 0 Å². The molecule has 0 saturated heterocycles. The van der Waals surface area contributed by atoms with Gasteiger partial charge in [-0.2, -0.15) is 0 Å². The molecule has 0 aliphatic carbocycles. The molecule has 0 aromatic carbocycles. The van der Waals surface area contributed by atoms with Crippen LogP contribution in [0, 0.1) is 6.92 Å². The summed E-state index contributed by atoms with van der Waals surface area (Å²) in [5.74, 6) is 0. The van der Waals surface area contributed by atoms with Crippen molar-refractivity contribution >= 4 is 22.1 Å². The predicted molar refractivity (Wildman–Crippen MR) is 62.1 cm³/mol. The van der Waals surface area contributed by atoms with E-state index in [-0.39, 0.29) is 5.25 Å². The Bertz CT molecular complexity index is 312. The second-order valence-corrected chi connectivity index (χ2v) is 6.16. The monoisotopic (exact) mass is 232 g/mol. The number of nitrogens with one attached hydrogen (secondary N) is 1. The van der Waals surface area contributed by atoms with Crippen LogP contribution in [0.2, 0.25) is 0 Å². The highest BCUT2D eigenvalue weighted by atomic mass is 32.2. The number of hydrogen-bond donors (Lipinski definition) is 1. The maximum atomic E-state index is 11.0. The summed E-state index contributed by atoms with van der Waals surface area (Å²) in [6.07, 6.45) is 1.74. The normalized spacial score (nSPS) is 15.4. The molecule has 0 saturated carbocycles. The minimum Gasteiger partial charge on any atom is -0.310 e. The Kier molecular flexibility index (Phi) is 4.71. The molecule has 3 nitrogen and oxygen atoms in total. The van der Waals surface area contributed by atoms with E-state index in [2.05, 4.69) is 15.7 Å². The summed E-state index contributed by atoms with van der Waals surface area (Å²) in [4.78, 5) is 4.33. The Hall–Kier alpha value is -0.260. The van der Waals surface area contributed by atoms with E-state index >= 15 is 0 Å². The Labute approximate surface area is 91.4 Å². The molecule has 14 heavy (non-hydrogen) atoms. The lowest BCUT2D eigenvalue weighted by Crippen LogP contribution is -2.27. The van der Waals surface area contributed by atoms with Gasteiger partial charge in [0.25, 0.3) is 0 Å². The third-order valence-corrected chi connectivity index (χ3v) is 4.09. The van der Waals surface area contributed by atoms with Crippen LogP contribution < -0.4 is 5.32 Å². The summed E-state index contributed by atoms with van der Waals surface area (Å²) in [6, 6.07) is 0. The Morgan fingerprint density at radius 1 is 1.71 bits per heavy atom. The molecule has 1 aromatic rings. The van der Waals surface area contributed by atoms with Gasteiger partial charge in [-0.3, -0.25) is 4.21 Å². The summed E-state index contributed by atoms with van der Waals surface area (Å²) < 4.78 is 11.0. The van der Waals surface area contributed by atoms with Crippen molar-refractivity contribution in [1.82, 2.24) is 10.3 Å². The lowest BCUT2D eigenvalue weighted by Gasteiger charge is -2.08. The number of rotatable bonds is 5.